The molecule has 0 fully saturated rings. The Hall–Kier alpha value is -2.43. The van der Waals surface area contributed by atoms with E-state index in [0.29, 0.717) is 5.69 Å². The van der Waals surface area contributed by atoms with E-state index in [-0.39, 0.29) is 5.82 Å². The van der Waals surface area contributed by atoms with Gasteiger partial charge in [0.2, 0.25) is 0 Å². The topological polar surface area (TPSA) is 46.5 Å². The Morgan fingerprint density at radius 1 is 1.29 bits per heavy atom. The normalized spacial score (nSPS) is 10.6. The van der Waals surface area contributed by atoms with Crippen LogP contribution in [0.15, 0.2) is 49.1 Å². The molecule has 5 heteroatoms. The number of aromatic amines is 1. The highest BCUT2D eigenvalue weighted by atomic mass is 19.1. The van der Waals surface area contributed by atoms with E-state index in [9.17, 15) is 4.39 Å². The molecule has 0 amide bonds. The van der Waals surface area contributed by atoms with E-state index < -0.39 is 0 Å². The van der Waals surface area contributed by atoms with Gasteiger partial charge in [-0.25, -0.2) is 14.1 Å². The second-order valence-corrected chi connectivity index (χ2v) is 3.59. The smallest absolute Gasteiger partial charge is 0.140 e. The highest BCUT2D eigenvalue weighted by Crippen LogP contribution is 2.16. The third kappa shape index (κ3) is 1.82. The lowest BCUT2D eigenvalue weighted by Gasteiger charge is -1.99. The summed E-state index contributed by atoms with van der Waals surface area (Å²) in [5.41, 5.74) is 1.54. The zero-order valence-electron chi connectivity index (χ0n) is 8.84. The number of rotatable bonds is 2. The van der Waals surface area contributed by atoms with Crippen molar-refractivity contribution in [2.45, 2.75) is 0 Å². The zero-order chi connectivity index (χ0) is 11.7. The number of benzene rings is 1. The van der Waals surface area contributed by atoms with Gasteiger partial charge in [0.1, 0.15) is 11.6 Å². The maximum absolute atomic E-state index is 13.1. The molecule has 2 heterocycles. The number of nitrogens with one attached hydrogen (secondary N) is 1. The molecule has 1 N–H and O–H groups in total. The van der Waals surface area contributed by atoms with Gasteiger partial charge in [-0.3, -0.25) is 0 Å². The lowest BCUT2D eigenvalue weighted by Crippen LogP contribution is -1.94. The summed E-state index contributed by atoms with van der Waals surface area (Å²) in [6.07, 6.45) is 6.90. The van der Waals surface area contributed by atoms with Crippen LogP contribution in [0.25, 0.3) is 17.1 Å². The Labute approximate surface area is 96.7 Å². The molecular weight excluding hydrogens is 219 g/mol. The van der Waals surface area contributed by atoms with Crippen molar-refractivity contribution in [1.29, 1.82) is 0 Å². The Bertz CT molecular complexity index is 628. The van der Waals surface area contributed by atoms with E-state index in [1.807, 2.05) is 0 Å². The van der Waals surface area contributed by atoms with Crippen LogP contribution in [0.5, 0.6) is 0 Å². The number of hydrogen-bond donors (Lipinski definition) is 1. The van der Waals surface area contributed by atoms with Gasteiger partial charge in [-0.15, -0.1) is 0 Å². The second-order valence-electron chi connectivity index (χ2n) is 3.59. The minimum Gasteiger partial charge on any atom is -0.345 e. The van der Waals surface area contributed by atoms with Crippen molar-refractivity contribution in [3.8, 4) is 17.1 Å². The molecule has 0 aliphatic rings. The molecule has 0 saturated heterocycles. The first kappa shape index (κ1) is 9.77. The Morgan fingerprint density at radius 2 is 2.24 bits per heavy atom. The molecule has 84 valence electrons. The summed E-state index contributed by atoms with van der Waals surface area (Å²) in [7, 11) is 0. The number of hydrogen-bond acceptors (Lipinski definition) is 2. The van der Waals surface area contributed by atoms with Crippen LogP contribution < -0.4 is 0 Å². The van der Waals surface area contributed by atoms with Crippen LogP contribution in [0.2, 0.25) is 0 Å². The van der Waals surface area contributed by atoms with E-state index in [2.05, 4.69) is 15.1 Å². The van der Waals surface area contributed by atoms with Gasteiger partial charge in [-0.2, -0.15) is 5.10 Å². The van der Waals surface area contributed by atoms with Gasteiger partial charge < -0.3 is 4.98 Å². The van der Waals surface area contributed by atoms with Gasteiger partial charge in [0.15, 0.2) is 0 Å². The van der Waals surface area contributed by atoms with Crippen LogP contribution in [0.3, 0.4) is 0 Å². The molecule has 0 spiro atoms. The van der Waals surface area contributed by atoms with E-state index in [1.54, 1.807) is 41.6 Å². The van der Waals surface area contributed by atoms with E-state index >= 15 is 0 Å². The van der Waals surface area contributed by atoms with Crippen LogP contribution >= 0.6 is 0 Å². The molecular formula is C12H9FN4. The minimum absolute atomic E-state index is 0.280. The van der Waals surface area contributed by atoms with Crippen molar-refractivity contribution in [3.63, 3.8) is 0 Å². The van der Waals surface area contributed by atoms with Crippen molar-refractivity contribution in [3.05, 3.63) is 54.9 Å². The third-order valence-electron chi connectivity index (χ3n) is 2.43. The van der Waals surface area contributed by atoms with Gasteiger partial charge in [-0.05, 0) is 18.2 Å². The molecule has 0 aliphatic heterocycles. The molecule has 17 heavy (non-hydrogen) atoms. The van der Waals surface area contributed by atoms with Crippen molar-refractivity contribution < 1.29 is 4.39 Å². The first-order chi connectivity index (χ1) is 8.33. The first-order valence-corrected chi connectivity index (χ1v) is 5.13. The quantitative estimate of drug-likeness (QED) is 0.732. The molecule has 1 aromatic carbocycles. The molecule has 0 aliphatic carbocycles. The number of aromatic nitrogens is 4. The molecule has 0 bridgehead atoms. The third-order valence-corrected chi connectivity index (χ3v) is 2.43. The molecule has 0 saturated carbocycles. The Morgan fingerprint density at radius 3 is 3.00 bits per heavy atom. The molecule has 3 aromatic rings. The lowest BCUT2D eigenvalue weighted by atomic mass is 10.3. The molecule has 4 nitrogen and oxygen atoms in total. The number of imidazole rings is 1. The fraction of sp³-hybridized carbons (Fsp3) is 0. The minimum atomic E-state index is -0.280. The predicted molar refractivity (Wildman–Crippen MR) is 61.1 cm³/mol. The summed E-state index contributed by atoms with van der Waals surface area (Å²) in [5, 5.41) is 4.17. The van der Waals surface area contributed by atoms with Crippen molar-refractivity contribution in [2.24, 2.45) is 0 Å². The second kappa shape index (κ2) is 3.86. The maximum Gasteiger partial charge on any atom is 0.140 e. The molecule has 3 rings (SSSR count). The monoisotopic (exact) mass is 228 g/mol. The number of nitrogens with zero attached hydrogens (tertiary/aromatic N) is 3. The highest BCUT2D eigenvalue weighted by molar-refractivity contribution is 5.53. The Balaban J connectivity index is 2.01. The lowest BCUT2D eigenvalue weighted by molar-refractivity contribution is 0.625. The van der Waals surface area contributed by atoms with Crippen LogP contribution in [0, 0.1) is 5.82 Å². The summed E-state index contributed by atoms with van der Waals surface area (Å²) >= 11 is 0. The first-order valence-electron chi connectivity index (χ1n) is 5.13. The van der Waals surface area contributed by atoms with E-state index in [1.165, 1.54) is 12.1 Å². The van der Waals surface area contributed by atoms with Gasteiger partial charge in [0.05, 0.1) is 17.4 Å². The molecule has 0 unspecified atom stereocenters. The SMILES string of the molecule is Fc1cccc(-n2cc(-c3ncc[nH]3)cn2)c1. The highest BCUT2D eigenvalue weighted by Gasteiger charge is 2.05. The molecule has 0 atom stereocenters. The molecule has 0 radical (unpaired) electrons. The van der Waals surface area contributed by atoms with Crippen LogP contribution in [-0.4, -0.2) is 19.7 Å². The maximum atomic E-state index is 13.1. The summed E-state index contributed by atoms with van der Waals surface area (Å²) in [6, 6.07) is 6.28. The van der Waals surface area contributed by atoms with Crippen molar-refractivity contribution >= 4 is 0 Å². The van der Waals surface area contributed by atoms with Crippen LogP contribution in [0.4, 0.5) is 4.39 Å². The largest absolute Gasteiger partial charge is 0.345 e. The zero-order valence-corrected chi connectivity index (χ0v) is 8.84. The average Bonchev–Trinajstić information content (AvgIpc) is 3.00. The summed E-state index contributed by atoms with van der Waals surface area (Å²) < 4.78 is 14.7. The summed E-state index contributed by atoms with van der Waals surface area (Å²) in [4.78, 5) is 7.12. The Kier molecular flexibility index (Phi) is 2.22. The standard InChI is InChI=1S/C12H9FN4/c13-10-2-1-3-11(6-10)17-8-9(7-16-17)12-14-4-5-15-12/h1-8H,(H,14,15). The van der Waals surface area contributed by atoms with Crippen LogP contribution in [0.1, 0.15) is 0 Å². The van der Waals surface area contributed by atoms with Crippen molar-refractivity contribution in [2.75, 3.05) is 0 Å². The fourth-order valence-corrected chi connectivity index (χ4v) is 1.63. The number of H-pyrrole nitrogens is 1. The van der Waals surface area contributed by atoms with E-state index in [4.69, 9.17) is 0 Å². The predicted octanol–water partition coefficient (Wildman–Crippen LogP) is 2.40. The van der Waals surface area contributed by atoms with Gasteiger partial charge in [-0.1, -0.05) is 6.07 Å². The fourth-order valence-electron chi connectivity index (χ4n) is 1.63. The van der Waals surface area contributed by atoms with Gasteiger partial charge >= 0.3 is 0 Å². The number of halogens is 1. The summed E-state index contributed by atoms with van der Waals surface area (Å²) in [5.74, 6) is 0.463. The average molecular weight is 228 g/mol. The van der Waals surface area contributed by atoms with E-state index in [0.717, 1.165) is 11.4 Å². The van der Waals surface area contributed by atoms with Gasteiger partial charge in [0.25, 0.3) is 0 Å². The van der Waals surface area contributed by atoms with Crippen LogP contribution in [-0.2, 0) is 0 Å². The molecule has 2 aromatic heterocycles. The summed E-state index contributed by atoms with van der Waals surface area (Å²) in [6.45, 7) is 0. The van der Waals surface area contributed by atoms with Crippen molar-refractivity contribution in [1.82, 2.24) is 19.7 Å². The van der Waals surface area contributed by atoms with Gasteiger partial charge in [0, 0.05) is 18.6 Å².